The van der Waals surface area contributed by atoms with Crippen LogP contribution in [0, 0.1) is 0 Å². The lowest BCUT2D eigenvalue weighted by molar-refractivity contribution is -0.119. The first kappa shape index (κ1) is 13.7. The second-order valence-electron chi connectivity index (χ2n) is 5.16. The first-order valence-corrected chi connectivity index (χ1v) is 6.58. The average Bonchev–Trinajstić information content (AvgIpc) is 2.75. The highest BCUT2D eigenvalue weighted by atomic mass is 16.3. The highest BCUT2D eigenvalue weighted by molar-refractivity contribution is 5.73. The third-order valence-electron chi connectivity index (χ3n) is 3.47. The molecule has 0 spiro atoms. The predicted molar refractivity (Wildman–Crippen MR) is 75.1 cm³/mol. The van der Waals surface area contributed by atoms with Crippen LogP contribution in [-0.4, -0.2) is 30.1 Å². The summed E-state index contributed by atoms with van der Waals surface area (Å²) >= 11 is 0. The molecular weight excluding hydrogens is 242 g/mol. The fourth-order valence-electron chi connectivity index (χ4n) is 2.51. The number of nitrogens with zero attached hydrogens (tertiary/aromatic N) is 1. The van der Waals surface area contributed by atoms with Gasteiger partial charge in [-0.15, -0.1) is 0 Å². The van der Waals surface area contributed by atoms with E-state index >= 15 is 0 Å². The number of carbonyl (C=O) groups is 1. The molecule has 2 atom stereocenters. The molecule has 1 fully saturated rings. The molecule has 0 saturated carbocycles. The molecule has 19 heavy (non-hydrogen) atoms. The molecule has 1 aromatic carbocycles. The van der Waals surface area contributed by atoms with Crippen LogP contribution in [0.1, 0.15) is 31.9 Å². The third-order valence-corrected chi connectivity index (χ3v) is 3.47. The minimum absolute atomic E-state index is 0.00185. The highest BCUT2D eigenvalue weighted by Crippen LogP contribution is 2.29. The Hall–Kier alpha value is -1.75. The van der Waals surface area contributed by atoms with Crippen molar-refractivity contribution in [2.45, 2.75) is 32.4 Å². The van der Waals surface area contributed by atoms with Gasteiger partial charge in [0, 0.05) is 49.4 Å². The molecule has 1 aliphatic heterocycles. The SMILES string of the molecule is CC(=O)NC1CCN(c2ccc(C(C)N)c(O)c2)C1. The normalized spacial score (nSPS) is 20.4. The minimum atomic E-state index is -0.181. The van der Waals surface area contributed by atoms with Gasteiger partial charge in [0.2, 0.25) is 5.91 Å². The highest BCUT2D eigenvalue weighted by Gasteiger charge is 2.23. The number of aromatic hydroxyl groups is 1. The number of amides is 1. The maximum atomic E-state index is 11.0. The molecule has 1 heterocycles. The van der Waals surface area contributed by atoms with E-state index in [4.69, 9.17) is 5.73 Å². The number of anilines is 1. The van der Waals surface area contributed by atoms with Crippen molar-refractivity contribution >= 4 is 11.6 Å². The standard InChI is InChI=1S/C14H21N3O2/c1-9(15)13-4-3-12(7-14(13)19)17-6-5-11(8-17)16-10(2)18/h3-4,7,9,11,19H,5-6,8,15H2,1-2H3,(H,16,18). The Morgan fingerprint density at radius 1 is 1.58 bits per heavy atom. The maximum absolute atomic E-state index is 11.0. The molecule has 1 saturated heterocycles. The lowest BCUT2D eigenvalue weighted by atomic mass is 10.1. The van der Waals surface area contributed by atoms with Crippen molar-refractivity contribution in [2.75, 3.05) is 18.0 Å². The van der Waals surface area contributed by atoms with Crippen molar-refractivity contribution in [3.8, 4) is 5.75 Å². The molecule has 1 amide bonds. The molecule has 104 valence electrons. The van der Waals surface area contributed by atoms with Crippen molar-refractivity contribution in [1.29, 1.82) is 0 Å². The lowest BCUT2D eigenvalue weighted by Gasteiger charge is -2.20. The molecule has 5 nitrogen and oxygen atoms in total. The van der Waals surface area contributed by atoms with Crippen LogP contribution >= 0.6 is 0 Å². The van der Waals surface area contributed by atoms with E-state index in [2.05, 4.69) is 10.2 Å². The Labute approximate surface area is 113 Å². The van der Waals surface area contributed by atoms with E-state index in [0.29, 0.717) is 0 Å². The van der Waals surface area contributed by atoms with Gasteiger partial charge < -0.3 is 21.1 Å². The summed E-state index contributed by atoms with van der Waals surface area (Å²) in [6.07, 6.45) is 0.926. The quantitative estimate of drug-likeness (QED) is 0.764. The van der Waals surface area contributed by atoms with Crippen LogP contribution in [0.3, 0.4) is 0 Å². The van der Waals surface area contributed by atoms with Crippen LogP contribution in [0.5, 0.6) is 5.75 Å². The number of benzene rings is 1. The van der Waals surface area contributed by atoms with Gasteiger partial charge in [-0.1, -0.05) is 6.07 Å². The summed E-state index contributed by atoms with van der Waals surface area (Å²) < 4.78 is 0. The van der Waals surface area contributed by atoms with E-state index in [0.717, 1.165) is 30.8 Å². The maximum Gasteiger partial charge on any atom is 0.217 e. The van der Waals surface area contributed by atoms with Crippen LogP contribution in [0.15, 0.2) is 18.2 Å². The van der Waals surface area contributed by atoms with Gasteiger partial charge in [-0.3, -0.25) is 4.79 Å². The minimum Gasteiger partial charge on any atom is -0.508 e. The second-order valence-corrected chi connectivity index (χ2v) is 5.16. The van der Waals surface area contributed by atoms with E-state index in [1.807, 2.05) is 19.1 Å². The van der Waals surface area contributed by atoms with Crippen molar-refractivity contribution in [1.82, 2.24) is 5.32 Å². The fraction of sp³-hybridized carbons (Fsp3) is 0.500. The largest absolute Gasteiger partial charge is 0.508 e. The van der Waals surface area contributed by atoms with Gasteiger partial charge in [-0.05, 0) is 19.4 Å². The number of nitrogens with two attached hydrogens (primary N) is 1. The Balaban J connectivity index is 2.07. The van der Waals surface area contributed by atoms with Gasteiger partial charge in [0.1, 0.15) is 5.75 Å². The number of hydrogen-bond acceptors (Lipinski definition) is 4. The number of phenols is 1. The zero-order valence-corrected chi connectivity index (χ0v) is 11.4. The number of nitrogens with one attached hydrogen (secondary N) is 1. The molecule has 4 N–H and O–H groups in total. The monoisotopic (exact) mass is 263 g/mol. The van der Waals surface area contributed by atoms with Crippen molar-refractivity contribution < 1.29 is 9.90 Å². The lowest BCUT2D eigenvalue weighted by Crippen LogP contribution is -2.35. The number of carbonyl (C=O) groups excluding carboxylic acids is 1. The van der Waals surface area contributed by atoms with Gasteiger partial charge in [0.15, 0.2) is 0 Å². The zero-order valence-electron chi connectivity index (χ0n) is 11.4. The van der Waals surface area contributed by atoms with E-state index in [-0.39, 0.29) is 23.7 Å². The van der Waals surface area contributed by atoms with Crippen LogP contribution in [0.2, 0.25) is 0 Å². The number of phenolic OH excluding ortho intramolecular Hbond substituents is 1. The van der Waals surface area contributed by atoms with Crippen molar-refractivity contribution in [3.05, 3.63) is 23.8 Å². The third kappa shape index (κ3) is 3.17. The molecule has 5 heteroatoms. The summed E-state index contributed by atoms with van der Waals surface area (Å²) in [7, 11) is 0. The fourth-order valence-corrected chi connectivity index (χ4v) is 2.51. The van der Waals surface area contributed by atoms with Gasteiger partial charge in [0.25, 0.3) is 0 Å². The van der Waals surface area contributed by atoms with E-state index in [1.165, 1.54) is 6.92 Å². The Kier molecular flexibility index (Phi) is 3.95. The number of hydrogen-bond donors (Lipinski definition) is 3. The predicted octanol–water partition coefficient (Wildman–Crippen LogP) is 1.13. The molecule has 1 aliphatic rings. The summed E-state index contributed by atoms with van der Waals surface area (Å²) in [4.78, 5) is 13.2. The first-order valence-electron chi connectivity index (χ1n) is 6.58. The summed E-state index contributed by atoms with van der Waals surface area (Å²) in [5.74, 6) is 0.234. The molecule has 0 radical (unpaired) electrons. The molecule has 1 aromatic rings. The molecular formula is C14H21N3O2. The number of rotatable bonds is 3. The van der Waals surface area contributed by atoms with Crippen LogP contribution in [0.25, 0.3) is 0 Å². The zero-order chi connectivity index (χ0) is 14.0. The average molecular weight is 263 g/mol. The molecule has 0 bridgehead atoms. The Bertz CT molecular complexity index is 474. The van der Waals surface area contributed by atoms with Gasteiger partial charge in [-0.2, -0.15) is 0 Å². The molecule has 0 aliphatic carbocycles. The van der Waals surface area contributed by atoms with Crippen LogP contribution in [0.4, 0.5) is 5.69 Å². The molecule has 0 aromatic heterocycles. The summed E-state index contributed by atoms with van der Waals surface area (Å²) in [5.41, 5.74) is 7.49. The Morgan fingerprint density at radius 2 is 2.32 bits per heavy atom. The van der Waals surface area contributed by atoms with E-state index < -0.39 is 0 Å². The summed E-state index contributed by atoms with van der Waals surface area (Å²) in [6, 6.07) is 5.58. The van der Waals surface area contributed by atoms with Crippen molar-refractivity contribution in [2.24, 2.45) is 5.73 Å². The van der Waals surface area contributed by atoms with Gasteiger partial charge >= 0.3 is 0 Å². The van der Waals surface area contributed by atoms with Gasteiger partial charge in [0.05, 0.1) is 0 Å². The Morgan fingerprint density at radius 3 is 2.89 bits per heavy atom. The molecule has 2 unspecified atom stereocenters. The van der Waals surface area contributed by atoms with Crippen LogP contribution in [-0.2, 0) is 4.79 Å². The summed E-state index contributed by atoms with van der Waals surface area (Å²) in [5, 5.41) is 12.9. The van der Waals surface area contributed by atoms with Crippen LogP contribution < -0.4 is 16.0 Å². The van der Waals surface area contributed by atoms with E-state index in [9.17, 15) is 9.90 Å². The summed E-state index contributed by atoms with van der Waals surface area (Å²) in [6.45, 7) is 5.03. The van der Waals surface area contributed by atoms with Crippen molar-refractivity contribution in [3.63, 3.8) is 0 Å². The van der Waals surface area contributed by atoms with E-state index in [1.54, 1.807) is 6.07 Å². The van der Waals surface area contributed by atoms with Gasteiger partial charge in [-0.25, -0.2) is 0 Å². The first-order chi connectivity index (χ1) is 8.97. The topological polar surface area (TPSA) is 78.6 Å². The second kappa shape index (κ2) is 5.48. The molecule has 2 rings (SSSR count). The smallest absolute Gasteiger partial charge is 0.217 e.